The Morgan fingerprint density at radius 3 is 2.67 bits per heavy atom. The summed E-state index contributed by atoms with van der Waals surface area (Å²) in [5.74, 6) is 0.218. The van der Waals surface area contributed by atoms with E-state index in [1.165, 1.54) is 7.11 Å². The van der Waals surface area contributed by atoms with E-state index in [9.17, 15) is 4.79 Å². The van der Waals surface area contributed by atoms with Crippen molar-refractivity contribution in [2.24, 2.45) is 0 Å². The molecule has 2 aromatic carbocycles. The summed E-state index contributed by atoms with van der Waals surface area (Å²) in [7, 11) is 1.51. The highest BCUT2D eigenvalue weighted by molar-refractivity contribution is 6.31. The fourth-order valence-electron chi connectivity index (χ4n) is 2.12. The van der Waals surface area contributed by atoms with E-state index in [2.05, 4.69) is 5.32 Å². The number of hydrogen-bond acceptors (Lipinski definition) is 3. The average molecular weight is 305 g/mol. The lowest BCUT2D eigenvalue weighted by Gasteiger charge is -2.17. The summed E-state index contributed by atoms with van der Waals surface area (Å²) in [5.41, 5.74) is 7.82. The molecule has 0 radical (unpaired) electrons. The van der Waals surface area contributed by atoms with E-state index >= 15 is 0 Å². The number of carbonyl (C=O) groups is 1. The van der Waals surface area contributed by atoms with Crippen LogP contribution in [0.3, 0.4) is 0 Å². The highest BCUT2D eigenvalue weighted by Crippen LogP contribution is 2.24. The van der Waals surface area contributed by atoms with E-state index in [1.807, 2.05) is 25.1 Å². The van der Waals surface area contributed by atoms with Gasteiger partial charge in [-0.2, -0.15) is 0 Å². The van der Waals surface area contributed by atoms with Gasteiger partial charge in [-0.05, 0) is 36.8 Å². The van der Waals surface area contributed by atoms with Crippen LogP contribution in [-0.4, -0.2) is 13.0 Å². The van der Waals surface area contributed by atoms with Gasteiger partial charge >= 0.3 is 0 Å². The minimum Gasteiger partial charge on any atom is -0.496 e. The molecule has 2 rings (SSSR count). The summed E-state index contributed by atoms with van der Waals surface area (Å²) in [4.78, 5) is 12.4. The second kappa shape index (κ2) is 6.50. The van der Waals surface area contributed by atoms with Crippen molar-refractivity contribution in [3.8, 4) is 5.75 Å². The molecular weight excluding hydrogens is 288 g/mol. The third-order valence-electron chi connectivity index (χ3n) is 3.22. The molecule has 0 aliphatic heterocycles. The monoisotopic (exact) mass is 304 g/mol. The van der Waals surface area contributed by atoms with Crippen molar-refractivity contribution in [3.05, 3.63) is 58.6 Å². The Labute approximate surface area is 128 Å². The van der Waals surface area contributed by atoms with Crippen LogP contribution >= 0.6 is 11.6 Å². The van der Waals surface area contributed by atoms with Crippen molar-refractivity contribution in [2.75, 3.05) is 12.8 Å². The SMILES string of the molecule is COc1ccc(Cl)cc1C(=O)NC(C)c1ccccc1N. The predicted octanol–water partition coefficient (Wildman–Crippen LogP) is 3.42. The quantitative estimate of drug-likeness (QED) is 0.851. The molecule has 0 bridgehead atoms. The molecule has 21 heavy (non-hydrogen) atoms. The molecule has 1 amide bonds. The fraction of sp³-hybridized carbons (Fsp3) is 0.188. The van der Waals surface area contributed by atoms with Crippen LogP contribution in [0.5, 0.6) is 5.75 Å². The van der Waals surface area contributed by atoms with Crippen molar-refractivity contribution < 1.29 is 9.53 Å². The number of hydrogen-bond donors (Lipinski definition) is 2. The van der Waals surface area contributed by atoms with Crippen molar-refractivity contribution >= 4 is 23.2 Å². The highest BCUT2D eigenvalue weighted by Gasteiger charge is 2.17. The zero-order chi connectivity index (χ0) is 15.4. The van der Waals surface area contributed by atoms with Gasteiger partial charge in [0.25, 0.3) is 5.91 Å². The van der Waals surface area contributed by atoms with Crippen LogP contribution in [0.15, 0.2) is 42.5 Å². The number of benzene rings is 2. The van der Waals surface area contributed by atoms with E-state index in [1.54, 1.807) is 24.3 Å². The number of para-hydroxylation sites is 1. The Balaban J connectivity index is 2.22. The molecule has 0 aromatic heterocycles. The van der Waals surface area contributed by atoms with Gasteiger partial charge in [0, 0.05) is 10.7 Å². The molecule has 0 saturated heterocycles. The number of methoxy groups -OCH3 is 1. The van der Waals surface area contributed by atoms with Crippen molar-refractivity contribution in [2.45, 2.75) is 13.0 Å². The Morgan fingerprint density at radius 1 is 1.29 bits per heavy atom. The van der Waals surface area contributed by atoms with E-state index in [0.717, 1.165) is 5.56 Å². The second-order valence-electron chi connectivity index (χ2n) is 4.67. The molecule has 0 aliphatic carbocycles. The lowest BCUT2D eigenvalue weighted by Crippen LogP contribution is -2.27. The minimum atomic E-state index is -0.259. The molecule has 4 nitrogen and oxygen atoms in total. The molecule has 1 atom stereocenters. The largest absolute Gasteiger partial charge is 0.496 e. The number of halogens is 1. The summed E-state index contributed by atoms with van der Waals surface area (Å²) >= 11 is 5.94. The summed E-state index contributed by atoms with van der Waals surface area (Å²) in [6.07, 6.45) is 0. The number of ether oxygens (including phenoxy) is 1. The summed E-state index contributed by atoms with van der Waals surface area (Å²) in [6.45, 7) is 1.88. The first-order valence-corrected chi connectivity index (χ1v) is 6.89. The van der Waals surface area contributed by atoms with E-state index in [4.69, 9.17) is 22.1 Å². The van der Waals surface area contributed by atoms with Crippen LogP contribution in [0, 0.1) is 0 Å². The van der Waals surface area contributed by atoms with Crippen LogP contribution < -0.4 is 15.8 Å². The number of nitrogens with one attached hydrogen (secondary N) is 1. The highest BCUT2D eigenvalue weighted by atomic mass is 35.5. The first-order chi connectivity index (χ1) is 10.0. The Morgan fingerprint density at radius 2 is 2.00 bits per heavy atom. The topological polar surface area (TPSA) is 64.3 Å². The maximum Gasteiger partial charge on any atom is 0.255 e. The number of carbonyl (C=O) groups excluding carboxylic acids is 1. The van der Waals surface area contributed by atoms with Gasteiger partial charge in [-0.1, -0.05) is 29.8 Å². The van der Waals surface area contributed by atoms with Crippen LogP contribution in [0.2, 0.25) is 5.02 Å². The molecule has 2 aromatic rings. The van der Waals surface area contributed by atoms with Gasteiger partial charge in [0.15, 0.2) is 0 Å². The van der Waals surface area contributed by atoms with Gasteiger partial charge in [-0.25, -0.2) is 0 Å². The lowest BCUT2D eigenvalue weighted by molar-refractivity contribution is 0.0937. The van der Waals surface area contributed by atoms with Crippen molar-refractivity contribution in [1.82, 2.24) is 5.32 Å². The molecule has 5 heteroatoms. The third-order valence-corrected chi connectivity index (χ3v) is 3.45. The molecule has 0 aliphatic rings. The smallest absolute Gasteiger partial charge is 0.255 e. The summed E-state index contributed by atoms with van der Waals surface area (Å²) < 4.78 is 5.19. The maximum atomic E-state index is 12.4. The van der Waals surface area contributed by atoms with Gasteiger partial charge < -0.3 is 15.8 Å². The lowest BCUT2D eigenvalue weighted by atomic mass is 10.1. The van der Waals surface area contributed by atoms with E-state index in [0.29, 0.717) is 22.0 Å². The Bertz CT molecular complexity index is 658. The third kappa shape index (κ3) is 3.47. The number of nitrogen functional groups attached to an aromatic ring is 1. The standard InChI is InChI=1S/C16H17ClN2O2/c1-10(12-5-3-4-6-14(12)18)19-16(20)13-9-11(17)7-8-15(13)21-2/h3-10H,18H2,1-2H3,(H,19,20). The van der Waals surface area contributed by atoms with Crippen molar-refractivity contribution in [1.29, 1.82) is 0 Å². The van der Waals surface area contributed by atoms with Crippen LogP contribution in [-0.2, 0) is 0 Å². The molecular formula is C16H17ClN2O2. The zero-order valence-electron chi connectivity index (χ0n) is 11.9. The van der Waals surface area contributed by atoms with Gasteiger partial charge in [0.1, 0.15) is 5.75 Å². The number of anilines is 1. The average Bonchev–Trinajstić information content (AvgIpc) is 2.47. The second-order valence-corrected chi connectivity index (χ2v) is 5.11. The number of amides is 1. The van der Waals surface area contributed by atoms with Gasteiger partial charge in [-0.3, -0.25) is 4.79 Å². The number of rotatable bonds is 4. The van der Waals surface area contributed by atoms with Gasteiger partial charge in [0.05, 0.1) is 18.7 Å². The van der Waals surface area contributed by atoms with Crippen LogP contribution in [0.4, 0.5) is 5.69 Å². The van der Waals surface area contributed by atoms with Gasteiger partial charge in [-0.15, -0.1) is 0 Å². The van der Waals surface area contributed by atoms with Crippen LogP contribution in [0.1, 0.15) is 28.9 Å². The fourth-order valence-corrected chi connectivity index (χ4v) is 2.29. The normalized spacial score (nSPS) is 11.8. The molecule has 110 valence electrons. The molecule has 1 unspecified atom stereocenters. The first-order valence-electron chi connectivity index (χ1n) is 6.51. The van der Waals surface area contributed by atoms with Crippen molar-refractivity contribution in [3.63, 3.8) is 0 Å². The Kier molecular flexibility index (Phi) is 4.70. The number of nitrogens with two attached hydrogens (primary N) is 1. The molecule has 0 saturated carbocycles. The summed E-state index contributed by atoms with van der Waals surface area (Å²) in [6, 6.07) is 12.1. The molecule has 0 spiro atoms. The molecule has 0 heterocycles. The maximum absolute atomic E-state index is 12.4. The molecule has 3 N–H and O–H groups in total. The molecule has 0 fully saturated rings. The van der Waals surface area contributed by atoms with E-state index < -0.39 is 0 Å². The predicted molar refractivity (Wildman–Crippen MR) is 84.7 cm³/mol. The summed E-state index contributed by atoms with van der Waals surface area (Å²) in [5, 5.41) is 3.38. The van der Waals surface area contributed by atoms with Gasteiger partial charge in [0.2, 0.25) is 0 Å². The first kappa shape index (κ1) is 15.2. The van der Waals surface area contributed by atoms with Crippen LogP contribution in [0.25, 0.3) is 0 Å². The zero-order valence-corrected chi connectivity index (χ0v) is 12.6. The van der Waals surface area contributed by atoms with E-state index in [-0.39, 0.29) is 11.9 Å². The Hall–Kier alpha value is -2.20. The minimum absolute atomic E-state index is 0.220.